The van der Waals surface area contributed by atoms with Gasteiger partial charge in [-0.1, -0.05) is 30.3 Å². The van der Waals surface area contributed by atoms with Crippen LogP contribution in [0.5, 0.6) is 0 Å². The van der Waals surface area contributed by atoms with Crippen LogP contribution in [0, 0.1) is 0 Å². The van der Waals surface area contributed by atoms with Gasteiger partial charge in [0.1, 0.15) is 0 Å². The highest BCUT2D eigenvalue weighted by molar-refractivity contribution is 5.76. The zero-order valence-electron chi connectivity index (χ0n) is 11.0. The first-order valence-corrected chi connectivity index (χ1v) is 6.87. The number of aliphatic hydroxyl groups is 1. The first-order chi connectivity index (χ1) is 9.25. The van der Waals surface area contributed by atoms with Gasteiger partial charge < -0.3 is 15.2 Å². The van der Waals surface area contributed by atoms with Gasteiger partial charge >= 0.3 is 0 Å². The van der Waals surface area contributed by atoms with Crippen molar-refractivity contribution < 1.29 is 14.6 Å². The number of hydrogen-bond donors (Lipinski definition) is 2. The molecule has 0 spiro atoms. The van der Waals surface area contributed by atoms with E-state index in [4.69, 9.17) is 4.74 Å². The second-order valence-electron chi connectivity index (χ2n) is 4.92. The number of nitrogens with one attached hydrogen (secondary N) is 1. The van der Waals surface area contributed by atoms with Crippen LogP contribution in [0.1, 0.15) is 37.4 Å². The fourth-order valence-corrected chi connectivity index (χ4v) is 2.25. The van der Waals surface area contributed by atoms with Gasteiger partial charge in [-0.3, -0.25) is 4.79 Å². The summed E-state index contributed by atoms with van der Waals surface area (Å²) in [5.41, 5.74) is 0.816. The predicted molar refractivity (Wildman–Crippen MR) is 72.6 cm³/mol. The Hall–Kier alpha value is -1.39. The average Bonchev–Trinajstić information content (AvgIpc) is 2.47. The average molecular weight is 263 g/mol. The van der Waals surface area contributed by atoms with E-state index in [1.165, 1.54) is 0 Å². The molecular weight excluding hydrogens is 242 g/mol. The van der Waals surface area contributed by atoms with Gasteiger partial charge in [0, 0.05) is 13.2 Å². The van der Waals surface area contributed by atoms with Gasteiger partial charge in [0.05, 0.1) is 18.6 Å². The summed E-state index contributed by atoms with van der Waals surface area (Å²) < 4.78 is 5.52. The van der Waals surface area contributed by atoms with Gasteiger partial charge in [-0.15, -0.1) is 0 Å². The summed E-state index contributed by atoms with van der Waals surface area (Å²) >= 11 is 0. The molecule has 1 amide bonds. The molecule has 104 valence electrons. The number of ether oxygens (including phenoxy) is 1. The third kappa shape index (κ3) is 4.65. The quantitative estimate of drug-likeness (QED) is 0.851. The van der Waals surface area contributed by atoms with E-state index in [0.29, 0.717) is 6.42 Å². The molecule has 0 aromatic heterocycles. The molecular formula is C15H21NO3. The summed E-state index contributed by atoms with van der Waals surface area (Å²) in [4.78, 5) is 11.7. The maximum atomic E-state index is 11.7. The second kappa shape index (κ2) is 7.26. The molecule has 1 aliphatic rings. The van der Waals surface area contributed by atoms with Crippen LogP contribution in [0.25, 0.3) is 0 Å². The van der Waals surface area contributed by atoms with Crippen LogP contribution in [-0.4, -0.2) is 30.3 Å². The fraction of sp³-hybridized carbons (Fsp3) is 0.533. The van der Waals surface area contributed by atoms with Crippen molar-refractivity contribution in [2.24, 2.45) is 0 Å². The molecule has 0 aliphatic carbocycles. The molecule has 0 bridgehead atoms. The lowest BCUT2D eigenvalue weighted by Gasteiger charge is -2.22. The monoisotopic (exact) mass is 263 g/mol. The number of amides is 1. The minimum Gasteiger partial charge on any atom is -0.387 e. The number of hydrogen-bond acceptors (Lipinski definition) is 3. The Morgan fingerprint density at radius 2 is 2.16 bits per heavy atom. The van der Waals surface area contributed by atoms with Gasteiger partial charge in [-0.05, 0) is 24.8 Å². The third-order valence-electron chi connectivity index (χ3n) is 3.36. The Bertz CT molecular complexity index is 388. The van der Waals surface area contributed by atoms with E-state index in [1.807, 2.05) is 30.3 Å². The van der Waals surface area contributed by atoms with Crippen molar-refractivity contribution in [1.29, 1.82) is 0 Å². The third-order valence-corrected chi connectivity index (χ3v) is 3.36. The second-order valence-corrected chi connectivity index (χ2v) is 4.92. The Balaban J connectivity index is 1.71. The topological polar surface area (TPSA) is 58.6 Å². The lowest BCUT2D eigenvalue weighted by molar-refractivity contribution is -0.125. The molecule has 4 nitrogen and oxygen atoms in total. The van der Waals surface area contributed by atoms with E-state index in [-0.39, 0.29) is 18.6 Å². The largest absolute Gasteiger partial charge is 0.387 e. The van der Waals surface area contributed by atoms with E-state index in [0.717, 1.165) is 31.4 Å². The molecule has 2 atom stereocenters. The lowest BCUT2D eigenvalue weighted by Crippen LogP contribution is -2.33. The Morgan fingerprint density at radius 3 is 2.84 bits per heavy atom. The summed E-state index contributed by atoms with van der Waals surface area (Å²) in [6.45, 7) is 1.00. The van der Waals surface area contributed by atoms with Crippen molar-refractivity contribution in [2.75, 3.05) is 13.2 Å². The molecule has 1 aromatic rings. The highest BCUT2D eigenvalue weighted by Gasteiger charge is 2.18. The van der Waals surface area contributed by atoms with Crippen LogP contribution in [0.3, 0.4) is 0 Å². The zero-order chi connectivity index (χ0) is 13.5. The number of carbonyl (C=O) groups is 1. The van der Waals surface area contributed by atoms with Gasteiger partial charge in [0.15, 0.2) is 0 Å². The highest BCUT2D eigenvalue weighted by Crippen LogP contribution is 2.15. The predicted octanol–water partition coefficient (Wildman–Crippen LogP) is 1.80. The van der Waals surface area contributed by atoms with E-state index in [9.17, 15) is 9.90 Å². The molecule has 2 rings (SSSR count). The molecule has 1 saturated heterocycles. The van der Waals surface area contributed by atoms with Crippen LogP contribution in [0.15, 0.2) is 30.3 Å². The van der Waals surface area contributed by atoms with E-state index in [1.54, 1.807) is 0 Å². The SMILES string of the molecule is O=C(CC1CCCCO1)NCC(O)c1ccccc1. The first kappa shape index (κ1) is 14.0. The molecule has 0 radical (unpaired) electrons. The highest BCUT2D eigenvalue weighted by atomic mass is 16.5. The smallest absolute Gasteiger partial charge is 0.222 e. The molecule has 2 unspecified atom stereocenters. The minimum atomic E-state index is -0.655. The van der Waals surface area contributed by atoms with Gasteiger partial charge in [-0.2, -0.15) is 0 Å². The normalized spacial score (nSPS) is 20.8. The molecule has 1 aliphatic heterocycles. The number of rotatable bonds is 5. The molecule has 1 heterocycles. The summed E-state index contributed by atoms with van der Waals surface area (Å²) in [6, 6.07) is 9.34. The Labute approximate surface area is 113 Å². The summed E-state index contributed by atoms with van der Waals surface area (Å²) in [5.74, 6) is -0.0538. The fourth-order valence-electron chi connectivity index (χ4n) is 2.25. The van der Waals surface area contributed by atoms with Crippen LogP contribution < -0.4 is 5.32 Å². The van der Waals surface area contributed by atoms with Crippen LogP contribution >= 0.6 is 0 Å². The van der Waals surface area contributed by atoms with Crippen molar-refractivity contribution in [1.82, 2.24) is 5.32 Å². The number of aliphatic hydroxyl groups excluding tert-OH is 1. The van der Waals surface area contributed by atoms with Crippen LogP contribution in [0.4, 0.5) is 0 Å². The van der Waals surface area contributed by atoms with Crippen LogP contribution in [0.2, 0.25) is 0 Å². The maximum Gasteiger partial charge on any atom is 0.222 e. The van der Waals surface area contributed by atoms with Gasteiger partial charge in [-0.25, -0.2) is 0 Å². The molecule has 19 heavy (non-hydrogen) atoms. The van der Waals surface area contributed by atoms with Crippen molar-refractivity contribution >= 4 is 5.91 Å². The number of carbonyl (C=O) groups excluding carboxylic acids is 1. The van der Waals surface area contributed by atoms with Crippen molar-refractivity contribution in [3.8, 4) is 0 Å². The van der Waals surface area contributed by atoms with E-state index >= 15 is 0 Å². The van der Waals surface area contributed by atoms with Crippen molar-refractivity contribution in [2.45, 2.75) is 37.9 Å². The minimum absolute atomic E-state index is 0.0441. The molecule has 1 aromatic carbocycles. The standard InChI is InChI=1S/C15H21NO3/c17-14(12-6-2-1-3-7-12)11-16-15(18)10-13-8-4-5-9-19-13/h1-3,6-7,13-14,17H,4-5,8-11H2,(H,16,18). The molecule has 1 fully saturated rings. The molecule has 0 saturated carbocycles. The van der Waals surface area contributed by atoms with E-state index in [2.05, 4.69) is 5.32 Å². The lowest BCUT2D eigenvalue weighted by atomic mass is 10.1. The maximum absolute atomic E-state index is 11.7. The van der Waals surface area contributed by atoms with Crippen LogP contribution in [-0.2, 0) is 9.53 Å². The first-order valence-electron chi connectivity index (χ1n) is 6.87. The Morgan fingerprint density at radius 1 is 1.37 bits per heavy atom. The summed E-state index contributed by atoms with van der Waals surface area (Å²) in [7, 11) is 0. The summed E-state index contributed by atoms with van der Waals surface area (Å²) in [5, 5.41) is 12.7. The summed E-state index contributed by atoms with van der Waals surface area (Å²) in [6.07, 6.45) is 2.95. The van der Waals surface area contributed by atoms with Gasteiger partial charge in [0.2, 0.25) is 5.91 Å². The van der Waals surface area contributed by atoms with Gasteiger partial charge in [0.25, 0.3) is 0 Å². The molecule has 4 heteroatoms. The Kier molecular flexibility index (Phi) is 5.36. The molecule has 2 N–H and O–H groups in total. The zero-order valence-corrected chi connectivity index (χ0v) is 11.0. The van der Waals surface area contributed by atoms with E-state index < -0.39 is 6.10 Å². The number of benzene rings is 1. The van der Waals surface area contributed by atoms with Crippen molar-refractivity contribution in [3.05, 3.63) is 35.9 Å². The van der Waals surface area contributed by atoms with Crippen molar-refractivity contribution in [3.63, 3.8) is 0 Å².